The topological polar surface area (TPSA) is 126 Å². The van der Waals surface area contributed by atoms with E-state index in [2.05, 4.69) is 9.44 Å². The van der Waals surface area contributed by atoms with Crippen molar-refractivity contribution in [2.24, 2.45) is 0 Å². The molecule has 0 aromatic heterocycles. The molecule has 0 heterocycles. The van der Waals surface area contributed by atoms with Gasteiger partial charge in [0.05, 0.1) is 21.3 Å². The minimum atomic E-state index is -3.77. The zero-order valence-corrected chi connectivity index (χ0v) is 27.8. The molecular weight excluding hydrogens is 637 g/mol. The van der Waals surface area contributed by atoms with E-state index < -0.39 is 20.0 Å². The Morgan fingerprint density at radius 2 is 0.818 bits per heavy atom. The van der Waals surface area contributed by atoms with Gasteiger partial charge in [0.25, 0.3) is 20.0 Å². The van der Waals surface area contributed by atoms with Crippen LogP contribution in [-0.4, -0.2) is 39.9 Å². The average molecular weight is 669 g/mol. The molecule has 230 valence electrons. The standard InChI is InChI=1S/C32H32N2O6S4/c1-21-13-22(2)16-29(15-21)43(37,38)33-27-9-5-25(6-10-27)31(35)19-41-42-20-32(36)26-7-11-28(12-8-26)34-44(39,40)30-17-23(3)14-24(4)18-30/h5-18,33-34H,19-20H2,1-4H3. The second-order valence-electron chi connectivity index (χ2n) is 10.4. The number of hydrogen-bond acceptors (Lipinski definition) is 8. The zero-order chi connectivity index (χ0) is 32.1. The molecule has 0 radical (unpaired) electrons. The average Bonchev–Trinajstić information content (AvgIpc) is 2.94. The van der Waals surface area contributed by atoms with Crippen LogP contribution in [0.3, 0.4) is 0 Å². The predicted octanol–water partition coefficient (Wildman–Crippen LogP) is 6.97. The maximum absolute atomic E-state index is 12.8. The number of anilines is 2. The van der Waals surface area contributed by atoms with Crippen LogP contribution >= 0.6 is 21.6 Å². The molecule has 12 heteroatoms. The van der Waals surface area contributed by atoms with Gasteiger partial charge < -0.3 is 0 Å². The molecule has 0 atom stereocenters. The molecule has 0 amide bonds. The van der Waals surface area contributed by atoms with Crippen molar-refractivity contribution in [3.05, 3.63) is 118 Å². The van der Waals surface area contributed by atoms with E-state index in [4.69, 9.17) is 0 Å². The first-order chi connectivity index (χ1) is 20.7. The molecule has 0 bridgehead atoms. The van der Waals surface area contributed by atoms with E-state index in [1.165, 1.54) is 21.6 Å². The smallest absolute Gasteiger partial charge is 0.261 e. The second-order valence-corrected chi connectivity index (χ2v) is 16.2. The van der Waals surface area contributed by atoms with Gasteiger partial charge in [0.1, 0.15) is 0 Å². The number of nitrogens with one attached hydrogen (secondary N) is 2. The Bertz CT molecular complexity index is 1720. The van der Waals surface area contributed by atoms with Gasteiger partial charge in [-0.3, -0.25) is 19.0 Å². The van der Waals surface area contributed by atoms with E-state index in [0.29, 0.717) is 22.5 Å². The van der Waals surface area contributed by atoms with E-state index in [0.717, 1.165) is 22.3 Å². The van der Waals surface area contributed by atoms with E-state index in [9.17, 15) is 26.4 Å². The lowest BCUT2D eigenvalue weighted by atomic mass is 10.1. The Morgan fingerprint density at radius 3 is 1.11 bits per heavy atom. The molecule has 0 saturated carbocycles. The van der Waals surface area contributed by atoms with Crippen molar-refractivity contribution in [3.63, 3.8) is 0 Å². The molecule has 4 rings (SSSR count). The summed E-state index contributed by atoms with van der Waals surface area (Å²) in [5.41, 5.74) is 4.92. The molecule has 0 aliphatic carbocycles. The highest BCUT2D eigenvalue weighted by atomic mass is 33.1. The monoisotopic (exact) mass is 668 g/mol. The number of carbonyl (C=O) groups is 2. The minimum Gasteiger partial charge on any atom is -0.293 e. The van der Waals surface area contributed by atoms with Gasteiger partial charge in [-0.2, -0.15) is 0 Å². The third kappa shape index (κ3) is 8.98. The number of benzene rings is 4. The molecule has 0 fully saturated rings. The molecule has 4 aromatic carbocycles. The van der Waals surface area contributed by atoms with Crippen molar-refractivity contribution >= 4 is 64.6 Å². The highest BCUT2D eigenvalue weighted by molar-refractivity contribution is 8.77. The molecule has 0 unspecified atom stereocenters. The SMILES string of the molecule is Cc1cc(C)cc(S(=O)(=O)Nc2ccc(C(=O)CSSCC(=O)c3ccc(NS(=O)(=O)c4cc(C)cc(C)c4)cc3)cc2)c1. The van der Waals surface area contributed by atoms with E-state index >= 15 is 0 Å². The normalized spacial score (nSPS) is 11.6. The Kier molecular flexibility index (Phi) is 10.6. The van der Waals surface area contributed by atoms with Crippen molar-refractivity contribution in [3.8, 4) is 0 Å². The molecule has 0 saturated heterocycles. The summed E-state index contributed by atoms with van der Waals surface area (Å²) in [5, 5.41) is 0. The number of ketones is 2. The lowest BCUT2D eigenvalue weighted by Crippen LogP contribution is -2.13. The van der Waals surface area contributed by atoms with Gasteiger partial charge in [0, 0.05) is 22.5 Å². The minimum absolute atomic E-state index is 0.130. The van der Waals surface area contributed by atoms with Crippen LogP contribution in [0.5, 0.6) is 0 Å². The van der Waals surface area contributed by atoms with Crippen molar-refractivity contribution in [1.82, 2.24) is 0 Å². The van der Waals surface area contributed by atoms with Gasteiger partial charge in [-0.1, -0.05) is 33.7 Å². The Balaban J connectivity index is 1.24. The fourth-order valence-electron chi connectivity index (χ4n) is 4.41. The molecule has 0 aliphatic heterocycles. The lowest BCUT2D eigenvalue weighted by molar-refractivity contribution is 0.101. The van der Waals surface area contributed by atoms with Crippen LogP contribution < -0.4 is 9.44 Å². The molecule has 2 N–H and O–H groups in total. The number of hydrogen-bond donors (Lipinski definition) is 2. The summed E-state index contributed by atoms with van der Waals surface area (Å²) in [6.07, 6.45) is 0. The maximum Gasteiger partial charge on any atom is 0.261 e. The third-order valence-electron chi connectivity index (χ3n) is 6.39. The van der Waals surface area contributed by atoms with Crippen LogP contribution in [-0.2, 0) is 20.0 Å². The Labute approximate surface area is 266 Å². The molecular formula is C32H32N2O6S4. The molecule has 0 aliphatic rings. The maximum atomic E-state index is 12.8. The number of sulfonamides is 2. The first-order valence-corrected chi connectivity index (χ1v) is 18.9. The van der Waals surface area contributed by atoms with Crippen LogP contribution in [0.25, 0.3) is 0 Å². The van der Waals surface area contributed by atoms with Gasteiger partial charge >= 0.3 is 0 Å². The lowest BCUT2D eigenvalue weighted by Gasteiger charge is -2.10. The highest BCUT2D eigenvalue weighted by Gasteiger charge is 2.17. The summed E-state index contributed by atoms with van der Waals surface area (Å²) < 4.78 is 56.1. The van der Waals surface area contributed by atoms with Gasteiger partial charge in [-0.15, -0.1) is 0 Å². The summed E-state index contributed by atoms with van der Waals surface area (Å²) in [4.78, 5) is 25.6. The number of carbonyl (C=O) groups excluding carboxylic acids is 2. The summed E-state index contributed by atoms with van der Waals surface area (Å²) in [5.74, 6) is -0.0478. The quantitative estimate of drug-likeness (QED) is 0.0889. The molecule has 44 heavy (non-hydrogen) atoms. The fraction of sp³-hybridized carbons (Fsp3) is 0.188. The van der Waals surface area contributed by atoms with Crippen LogP contribution in [0, 0.1) is 27.7 Å². The molecule has 0 spiro atoms. The van der Waals surface area contributed by atoms with Crippen molar-refractivity contribution in [2.45, 2.75) is 37.5 Å². The van der Waals surface area contributed by atoms with Gasteiger partial charge in [0.15, 0.2) is 11.6 Å². The summed E-state index contributed by atoms with van der Waals surface area (Å²) in [6, 6.07) is 22.6. The summed E-state index contributed by atoms with van der Waals surface area (Å²) >= 11 is 0. The van der Waals surface area contributed by atoms with E-state index in [1.54, 1.807) is 72.8 Å². The summed E-state index contributed by atoms with van der Waals surface area (Å²) in [7, 11) is -5.05. The van der Waals surface area contributed by atoms with Crippen LogP contribution in [0.2, 0.25) is 0 Å². The van der Waals surface area contributed by atoms with Gasteiger partial charge in [-0.25, -0.2) is 16.8 Å². The summed E-state index contributed by atoms with van der Waals surface area (Å²) in [6.45, 7) is 7.33. The molecule has 4 aromatic rings. The molecule has 8 nitrogen and oxygen atoms in total. The fourth-order valence-corrected chi connectivity index (χ4v) is 8.76. The highest BCUT2D eigenvalue weighted by Crippen LogP contribution is 2.26. The van der Waals surface area contributed by atoms with Crippen LogP contribution in [0.15, 0.2) is 94.7 Å². The van der Waals surface area contributed by atoms with Crippen molar-refractivity contribution < 1.29 is 26.4 Å². The Morgan fingerprint density at radius 1 is 0.523 bits per heavy atom. The zero-order valence-electron chi connectivity index (χ0n) is 24.6. The third-order valence-corrected chi connectivity index (χ3v) is 11.2. The van der Waals surface area contributed by atoms with Crippen molar-refractivity contribution in [1.29, 1.82) is 0 Å². The largest absolute Gasteiger partial charge is 0.293 e. The van der Waals surface area contributed by atoms with Gasteiger partial charge in [0.2, 0.25) is 0 Å². The Hall–Kier alpha value is -3.58. The van der Waals surface area contributed by atoms with Gasteiger partial charge in [-0.05, 0) is 123 Å². The predicted molar refractivity (Wildman–Crippen MR) is 180 cm³/mol. The van der Waals surface area contributed by atoms with Crippen LogP contribution in [0.1, 0.15) is 43.0 Å². The van der Waals surface area contributed by atoms with E-state index in [1.807, 2.05) is 39.8 Å². The van der Waals surface area contributed by atoms with Crippen molar-refractivity contribution in [2.75, 3.05) is 20.9 Å². The first-order valence-electron chi connectivity index (χ1n) is 13.4. The van der Waals surface area contributed by atoms with Crippen LogP contribution in [0.4, 0.5) is 11.4 Å². The number of Topliss-reactive ketones (excluding diaryl/α,β-unsaturated/α-hetero) is 2. The first kappa shape index (κ1) is 33.3. The second kappa shape index (κ2) is 14.0. The number of rotatable bonds is 13. The van der Waals surface area contributed by atoms with E-state index in [-0.39, 0.29) is 32.9 Å². The number of aryl methyl sites for hydroxylation is 4.